The van der Waals surface area contributed by atoms with Gasteiger partial charge < -0.3 is 18.8 Å². The van der Waals surface area contributed by atoms with Gasteiger partial charge in [-0.2, -0.15) is 13.2 Å². The Morgan fingerprint density at radius 2 is 1.67 bits per heavy atom. The van der Waals surface area contributed by atoms with Crippen molar-refractivity contribution in [3.8, 4) is 22.8 Å². The number of nitrogens with one attached hydrogen (secondary N) is 1. The van der Waals surface area contributed by atoms with Crippen molar-refractivity contribution in [2.45, 2.75) is 39.1 Å². The molecule has 0 atom stereocenters. The number of hydrogen-bond acceptors (Lipinski definition) is 7. The second-order valence-corrected chi connectivity index (χ2v) is 10.4. The van der Waals surface area contributed by atoms with Crippen LogP contribution in [0.25, 0.3) is 22.2 Å². The lowest BCUT2D eigenvalue weighted by molar-refractivity contribution is -0.155. The van der Waals surface area contributed by atoms with Gasteiger partial charge in [0, 0.05) is 16.3 Å². The van der Waals surface area contributed by atoms with E-state index in [0.29, 0.717) is 5.52 Å². The Labute approximate surface area is 226 Å². The van der Waals surface area contributed by atoms with Crippen molar-refractivity contribution in [2.75, 3.05) is 19.5 Å². The normalized spacial score (nSPS) is 11.9. The fourth-order valence-corrected chi connectivity index (χ4v) is 4.70. The molecule has 0 spiro atoms. The smallest absolute Gasteiger partial charge is 0.416 e. The number of aromatic nitrogens is 2. The molecular formula is C27H26F3N3O5S. The van der Waals surface area contributed by atoms with E-state index in [2.05, 4.69) is 10.3 Å². The number of alkyl halides is 3. The standard InChI is InChI=1S/C27H26F3N3O5S/c1-26(2,3)38-22(34)13-33-18-9-7-6-8-15(18)10-19(33)24(35)32-25-31-17(14-39-25)23-20(36-4)11-16(27(28,29)30)12-21(23)37-5/h6-12,14H,13H2,1-5H3,(H,31,32,35). The molecular weight excluding hydrogens is 535 g/mol. The van der Waals surface area contributed by atoms with Gasteiger partial charge in [-0.25, -0.2) is 4.98 Å². The predicted molar refractivity (Wildman–Crippen MR) is 141 cm³/mol. The van der Waals surface area contributed by atoms with Gasteiger partial charge >= 0.3 is 12.1 Å². The van der Waals surface area contributed by atoms with E-state index < -0.39 is 29.2 Å². The Hall–Kier alpha value is -4.06. The van der Waals surface area contributed by atoms with Crippen LogP contribution in [0.15, 0.2) is 47.8 Å². The van der Waals surface area contributed by atoms with Gasteiger partial charge in [-0.1, -0.05) is 18.2 Å². The minimum atomic E-state index is -4.60. The molecule has 4 aromatic rings. The van der Waals surface area contributed by atoms with E-state index in [1.807, 2.05) is 12.1 Å². The highest BCUT2D eigenvalue weighted by atomic mass is 32.1. The summed E-state index contributed by atoms with van der Waals surface area (Å²) in [6.45, 7) is 5.09. The van der Waals surface area contributed by atoms with Crippen LogP contribution in [-0.2, 0) is 22.3 Å². The number of hydrogen-bond donors (Lipinski definition) is 1. The summed E-state index contributed by atoms with van der Waals surface area (Å²) in [4.78, 5) is 30.3. The number of esters is 1. The highest BCUT2D eigenvalue weighted by Gasteiger charge is 2.33. The summed E-state index contributed by atoms with van der Waals surface area (Å²) < 4.78 is 57.4. The molecule has 0 fully saturated rings. The van der Waals surface area contributed by atoms with E-state index in [0.717, 1.165) is 28.9 Å². The van der Waals surface area contributed by atoms with E-state index in [1.54, 1.807) is 48.9 Å². The molecule has 12 heteroatoms. The van der Waals surface area contributed by atoms with Crippen LogP contribution in [-0.4, -0.2) is 41.2 Å². The fourth-order valence-electron chi connectivity index (χ4n) is 4.01. The SMILES string of the molecule is COc1cc(C(F)(F)F)cc(OC)c1-c1csc(NC(=O)c2cc3ccccc3n2CC(=O)OC(C)(C)C)n1. The van der Waals surface area contributed by atoms with E-state index in [9.17, 15) is 22.8 Å². The molecule has 0 radical (unpaired) electrons. The molecule has 4 rings (SSSR count). The maximum atomic E-state index is 13.3. The highest BCUT2D eigenvalue weighted by Crippen LogP contribution is 2.44. The summed E-state index contributed by atoms with van der Waals surface area (Å²) >= 11 is 1.07. The molecule has 0 aliphatic carbocycles. The maximum Gasteiger partial charge on any atom is 0.416 e. The Balaban J connectivity index is 1.66. The van der Waals surface area contributed by atoms with Crippen molar-refractivity contribution >= 4 is 39.2 Å². The number of para-hydroxylation sites is 1. The number of amides is 1. The van der Waals surface area contributed by atoms with Crippen molar-refractivity contribution in [2.24, 2.45) is 0 Å². The average Bonchev–Trinajstić information content (AvgIpc) is 3.46. The Morgan fingerprint density at radius 3 is 2.26 bits per heavy atom. The van der Waals surface area contributed by atoms with Crippen LogP contribution in [0.1, 0.15) is 36.8 Å². The van der Waals surface area contributed by atoms with E-state index in [4.69, 9.17) is 14.2 Å². The zero-order valence-corrected chi connectivity index (χ0v) is 22.6. The monoisotopic (exact) mass is 561 g/mol. The zero-order valence-electron chi connectivity index (χ0n) is 21.8. The van der Waals surface area contributed by atoms with Gasteiger partial charge in [0.15, 0.2) is 5.13 Å². The first kappa shape index (κ1) is 28.0. The number of fused-ring (bicyclic) bond motifs is 1. The van der Waals surface area contributed by atoms with Crippen molar-refractivity contribution in [3.05, 3.63) is 59.1 Å². The summed E-state index contributed by atoms with van der Waals surface area (Å²) in [5, 5.41) is 5.23. The van der Waals surface area contributed by atoms with Gasteiger partial charge in [0.05, 0.1) is 31.0 Å². The number of benzene rings is 2. The molecule has 0 aliphatic heterocycles. The number of anilines is 1. The number of thiazole rings is 1. The molecule has 39 heavy (non-hydrogen) atoms. The summed E-state index contributed by atoms with van der Waals surface area (Å²) in [5.74, 6) is -1.19. The van der Waals surface area contributed by atoms with Crippen LogP contribution in [0.5, 0.6) is 11.5 Å². The summed E-state index contributed by atoms with van der Waals surface area (Å²) in [6.07, 6.45) is -4.60. The van der Waals surface area contributed by atoms with E-state index in [1.165, 1.54) is 14.2 Å². The van der Waals surface area contributed by atoms with Crippen molar-refractivity contribution < 1.29 is 37.0 Å². The lowest BCUT2D eigenvalue weighted by Gasteiger charge is -2.20. The minimum absolute atomic E-state index is 0.0812. The summed E-state index contributed by atoms with van der Waals surface area (Å²) in [6, 6.07) is 10.6. The molecule has 1 amide bonds. The molecule has 2 aromatic carbocycles. The number of halogens is 3. The molecule has 1 N–H and O–H groups in total. The van der Waals surface area contributed by atoms with Gasteiger partial charge in [0.2, 0.25) is 0 Å². The third-order valence-electron chi connectivity index (χ3n) is 5.56. The van der Waals surface area contributed by atoms with Crippen molar-refractivity contribution in [1.82, 2.24) is 9.55 Å². The maximum absolute atomic E-state index is 13.3. The third kappa shape index (κ3) is 6.17. The zero-order chi connectivity index (χ0) is 28.5. The van der Waals surface area contributed by atoms with Crippen LogP contribution in [0, 0.1) is 0 Å². The quantitative estimate of drug-likeness (QED) is 0.263. The Bertz CT molecular complexity index is 1510. The van der Waals surface area contributed by atoms with Crippen molar-refractivity contribution in [1.29, 1.82) is 0 Å². The minimum Gasteiger partial charge on any atom is -0.496 e. The van der Waals surface area contributed by atoms with Gasteiger partial charge in [0.25, 0.3) is 5.91 Å². The van der Waals surface area contributed by atoms with Crippen LogP contribution in [0.4, 0.5) is 18.3 Å². The fraction of sp³-hybridized carbons (Fsp3) is 0.296. The molecule has 2 aromatic heterocycles. The van der Waals surface area contributed by atoms with Crippen molar-refractivity contribution in [3.63, 3.8) is 0 Å². The molecule has 2 heterocycles. The number of carbonyl (C=O) groups is 2. The first-order valence-electron chi connectivity index (χ1n) is 11.7. The number of nitrogens with zero attached hydrogens (tertiary/aromatic N) is 2. The average molecular weight is 562 g/mol. The van der Waals surface area contributed by atoms with Crippen LogP contribution < -0.4 is 14.8 Å². The largest absolute Gasteiger partial charge is 0.496 e. The van der Waals surface area contributed by atoms with E-state index in [-0.39, 0.29) is 40.1 Å². The third-order valence-corrected chi connectivity index (χ3v) is 6.32. The van der Waals surface area contributed by atoms with Crippen LogP contribution in [0.3, 0.4) is 0 Å². The number of ether oxygens (including phenoxy) is 3. The second-order valence-electron chi connectivity index (χ2n) is 9.51. The molecule has 8 nitrogen and oxygen atoms in total. The summed E-state index contributed by atoms with van der Waals surface area (Å²) in [5.41, 5.74) is -0.270. The van der Waals surface area contributed by atoms with Gasteiger partial charge in [0.1, 0.15) is 29.3 Å². The van der Waals surface area contributed by atoms with Gasteiger partial charge in [-0.15, -0.1) is 11.3 Å². The number of carbonyl (C=O) groups excluding carboxylic acids is 2. The van der Waals surface area contributed by atoms with Crippen LogP contribution >= 0.6 is 11.3 Å². The first-order valence-corrected chi connectivity index (χ1v) is 12.6. The van der Waals surface area contributed by atoms with E-state index >= 15 is 0 Å². The molecule has 206 valence electrons. The predicted octanol–water partition coefficient (Wildman–Crippen LogP) is 6.39. The molecule has 0 saturated carbocycles. The van der Waals surface area contributed by atoms with Gasteiger partial charge in [-0.05, 0) is 45.0 Å². The molecule has 0 saturated heterocycles. The number of rotatable bonds is 7. The Kier molecular flexibility index (Phi) is 7.60. The summed E-state index contributed by atoms with van der Waals surface area (Å²) in [7, 11) is 2.49. The van der Waals surface area contributed by atoms with Gasteiger partial charge in [-0.3, -0.25) is 14.9 Å². The van der Waals surface area contributed by atoms with Crippen LogP contribution in [0.2, 0.25) is 0 Å². The second kappa shape index (κ2) is 10.6. The molecule has 0 aliphatic rings. The molecule has 0 bridgehead atoms. The molecule has 0 unspecified atom stereocenters. The first-order chi connectivity index (χ1) is 18.3. The lowest BCUT2D eigenvalue weighted by atomic mass is 10.1. The highest BCUT2D eigenvalue weighted by molar-refractivity contribution is 7.14. The lowest BCUT2D eigenvalue weighted by Crippen LogP contribution is -2.28. The topological polar surface area (TPSA) is 91.7 Å². The Morgan fingerprint density at radius 1 is 1.03 bits per heavy atom. The number of methoxy groups -OCH3 is 2.